The van der Waals surface area contributed by atoms with Crippen LogP contribution in [0.15, 0.2) is 0 Å². The van der Waals surface area contributed by atoms with Crippen molar-refractivity contribution in [1.29, 1.82) is 0 Å². The highest BCUT2D eigenvalue weighted by Crippen LogP contribution is 2.53. The molecule has 0 heterocycles. The van der Waals surface area contributed by atoms with Gasteiger partial charge in [0.25, 0.3) is 0 Å². The van der Waals surface area contributed by atoms with Crippen LogP contribution in [0.1, 0.15) is 79.6 Å². The molecule has 0 N–H and O–H groups in total. The van der Waals surface area contributed by atoms with E-state index in [1.807, 2.05) is 0 Å². The summed E-state index contributed by atoms with van der Waals surface area (Å²) in [6, 6.07) is 0. The summed E-state index contributed by atoms with van der Waals surface area (Å²) in [4.78, 5) is 0. The molecule has 0 bridgehead atoms. The lowest BCUT2D eigenvalue weighted by Gasteiger charge is -2.49. The Morgan fingerprint density at radius 1 is 0.818 bits per heavy atom. The predicted octanol–water partition coefficient (Wildman–Crippen LogP) is 5.91. The van der Waals surface area contributed by atoms with Crippen LogP contribution in [0.5, 0.6) is 0 Å². The molecule has 2 rings (SSSR count). The minimum Gasteiger partial charge on any atom is -0.394 e. The zero-order chi connectivity index (χ0) is 16.2. The Kier molecular flexibility index (Phi) is 6.97. The molecule has 2 saturated carbocycles. The highest BCUT2D eigenvalue weighted by Gasteiger charge is 2.55. The number of hydrogen-bond donors (Lipinski definition) is 0. The van der Waals surface area contributed by atoms with Crippen LogP contribution in [-0.2, 0) is 8.85 Å². The molecule has 0 radical (unpaired) electrons. The Balaban J connectivity index is 2.29. The minimum atomic E-state index is -2.14. The molecule has 4 atom stereocenters. The fourth-order valence-electron chi connectivity index (χ4n) is 5.43. The molecule has 0 aliphatic heterocycles. The van der Waals surface area contributed by atoms with Crippen LogP contribution in [0.4, 0.5) is 0 Å². The zero-order valence-corrected chi connectivity index (χ0v) is 16.6. The van der Waals surface area contributed by atoms with E-state index in [0.717, 1.165) is 31.0 Å². The van der Waals surface area contributed by atoms with Gasteiger partial charge in [0.15, 0.2) is 0 Å². The van der Waals surface area contributed by atoms with Crippen molar-refractivity contribution in [2.45, 2.75) is 90.6 Å². The first-order chi connectivity index (χ1) is 10.5. The normalized spacial score (nSPS) is 37.2. The molecule has 2 fully saturated rings. The lowest BCUT2D eigenvalue weighted by atomic mass is 9.83. The fraction of sp³-hybridized carbons (Fsp3) is 1.00. The average molecular weight is 327 g/mol. The fourth-order valence-corrected chi connectivity index (χ4v) is 11.0. The third kappa shape index (κ3) is 3.96. The van der Waals surface area contributed by atoms with Gasteiger partial charge in [-0.25, -0.2) is 0 Å². The second-order valence-electron chi connectivity index (χ2n) is 8.07. The first-order valence-electron chi connectivity index (χ1n) is 9.81. The van der Waals surface area contributed by atoms with Crippen molar-refractivity contribution in [3.63, 3.8) is 0 Å². The lowest BCUT2D eigenvalue weighted by molar-refractivity contribution is 0.125. The minimum absolute atomic E-state index is 0.705. The van der Waals surface area contributed by atoms with Gasteiger partial charge in [-0.1, -0.05) is 40.0 Å². The van der Waals surface area contributed by atoms with E-state index in [1.54, 1.807) is 0 Å². The van der Waals surface area contributed by atoms with Crippen molar-refractivity contribution in [3.8, 4) is 0 Å². The van der Waals surface area contributed by atoms with Gasteiger partial charge in [0, 0.05) is 24.3 Å². The molecule has 4 unspecified atom stereocenters. The van der Waals surface area contributed by atoms with E-state index < -0.39 is 8.56 Å². The van der Waals surface area contributed by atoms with E-state index >= 15 is 0 Å². The van der Waals surface area contributed by atoms with E-state index in [1.165, 1.54) is 44.9 Å². The van der Waals surface area contributed by atoms with Gasteiger partial charge in [-0.3, -0.25) is 0 Å². The van der Waals surface area contributed by atoms with Gasteiger partial charge >= 0.3 is 8.56 Å². The molecule has 0 saturated heterocycles. The van der Waals surface area contributed by atoms with Crippen LogP contribution in [0.25, 0.3) is 0 Å². The maximum Gasteiger partial charge on any atom is 0.344 e. The lowest BCUT2D eigenvalue weighted by Crippen LogP contribution is -2.55. The molecule has 130 valence electrons. The predicted molar refractivity (Wildman–Crippen MR) is 96.3 cm³/mol. The summed E-state index contributed by atoms with van der Waals surface area (Å²) < 4.78 is 13.3. The van der Waals surface area contributed by atoms with Crippen molar-refractivity contribution in [3.05, 3.63) is 0 Å². The van der Waals surface area contributed by atoms with E-state index in [2.05, 4.69) is 34.6 Å². The summed E-state index contributed by atoms with van der Waals surface area (Å²) >= 11 is 0. The standard InChI is InChI=1S/C19H38O2Si/c1-6-20-22(21-7-2,19-11-9-8-10-17(19)5)18-13-15(3)12-16(4)14-18/h15-19H,6-14H2,1-5H3. The molecule has 0 aromatic heterocycles. The Hall–Kier alpha value is 0.137. The summed E-state index contributed by atoms with van der Waals surface area (Å²) in [7, 11) is -2.14. The molecular formula is C19H38O2Si. The molecule has 0 spiro atoms. The average Bonchev–Trinajstić information content (AvgIpc) is 2.46. The van der Waals surface area contributed by atoms with Crippen LogP contribution >= 0.6 is 0 Å². The summed E-state index contributed by atoms with van der Waals surface area (Å²) in [5.74, 6) is 2.45. The van der Waals surface area contributed by atoms with E-state index in [9.17, 15) is 0 Å². The molecule has 2 nitrogen and oxygen atoms in total. The van der Waals surface area contributed by atoms with Gasteiger partial charge in [0.2, 0.25) is 0 Å². The van der Waals surface area contributed by atoms with Gasteiger partial charge in [0.05, 0.1) is 0 Å². The molecule has 2 aliphatic carbocycles. The van der Waals surface area contributed by atoms with Crippen molar-refractivity contribution < 1.29 is 8.85 Å². The molecule has 2 aliphatic rings. The second kappa shape index (κ2) is 8.30. The third-order valence-corrected chi connectivity index (χ3v) is 11.1. The topological polar surface area (TPSA) is 18.5 Å². The number of hydrogen-bond acceptors (Lipinski definition) is 2. The van der Waals surface area contributed by atoms with E-state index in [-0.39, 0.29) is 0 Å². The van der Waals surface area contributed by atoms with Crippen molar-refractivity contribution in [2.24, 2.45) is 17.8 Å². The summed E-state index contributed by atoms with van der Waals surface area (Å²) in [5.41, 5.74) is 1.42. The molecule has 0 amide bonds. The molecule has 22 heavy (non-hydrogen) atoms. The van der Waals surface area contributed by atoms with Gasteiger partial charge < -0.3 is 8.85 Å². The van der Waals surface area contributed by atoms with Crippen molar-refractivity contribution >= 4 is 8.56 Å². The summed E-state index contributed by atoms with van der Waals surface area (Å²) in [6.07, 6.45) is 9.54. The Morgan fingerprint density at radius 3 is 1.86 bits per heavy atom. The van der Waals surface area contributed by atoms with Gasteiger partial charge in [0.1, 0.15) is 0 Å². The highest BCUT2D eigenvalue weighted by atomic mass is 28.4. The second-order valence-corrected chi connectivity index (χ2v) is 11.6. The molecule has 0 aromatic carbocycles. The van der Waals surface area contributed by atoms with E-state index in [0.29, 0.717) is 11.1 Å². The van der Waals surface area contributed by atoms with Crippen LogP contribution in [-0.4, -0.2) is 21.8 Å². The molecule has 3 heteroatoms. The molecule has 0 aromatic rings. The summed E-state index contributed by atoms with van der Waals surface area (Å²) in [5, 5.41) is 0. The van der Waals surface area contributed by atoms with Crippen LogP contribution in [0.2, 0.25) is 11.1 Å². The Labute approximate surface area is 139 Å². The SMILES string of the molecule is CCO[Si](OCC)(C1CC(C)CC(C)C1)C1CCCCC1C. The van der Waals surface area contributed by atoms with Crippen LogP contribution < -0.4 is 0 Å². The zero-order valence-electron chi connectivity index (χ0n) is 15.6. The Morgan fingerprint density at radius 2 is 1.36 bits per heavy atom. The maximum atomic E-state index is 6.63. The first kappa shape index (κ1) is 18.5. The molecular weight excluding hydrogens is 288 g/mol. The smallest absolute Gasteiger partial charge is 0.344 e. The van der Waals surface area contributed by atoms with E-state index in [4.69, 9.17) is 8.85 Å². The van der Waals surface area contributed by atoms with Gasteiger partial charge in [-0.2, -0.15) is 0 Å². The monoisotopic (exact) mass is 326 g/mol. The van der Waals surface area contributed by atoms with Gasteiger partial charge in [-0.15, -0.1) is 0 Å². The highest BCUT2D eigenvalue weighted by molar-refractivity contribution is 6.70. The summed E-state index contributed by atoms with van der Waals surface area (Å²) in [6.45, 7) is 13.3. The maximum absolute atomic E-state index is 6.63. The van der Waals surface area contributed by atoms with Crippen molar-refractivity contribution in [1.82, 2.24) is 0 Å². The van der Waals surface area contributed by atoms with Gasteiger partial charge in [-0.05, 0) is 57.3 Å². The first-order valence-corrected chi connectivity index (χ1v) is 11.8. The largest absolute Gasteiger partial charge is 0.394 e. The van der Waals surface area contributed by atoms with Crippen molar-refractivity contribution in [2.75, 3.05) is 13.2 Å². The quantitative estimate of drug-likeness (QED) is 0.565. The van der Waals surface area contributed by atoms with Crippen LogP contribution in [0.3, 0.4) is 0 Å². The third-order valence-electron chi connectivity index (χ3n) is 6.12. The Bertz CT molecular complexity index is 317. The number of rotatable bonds is 6. The van der Waals surface area contributed by atoms with Crippen LogP contribution in [0, 0.1) is 17.8 Å².